The van der Waals surface area contributed by atoms with Gasteiger partial charge in [0.1, 0.15) is 12.3 Å². The summed E-state index contributed by atoms with van der Waals surface area (Å²) < 4.78 is 6.84. The van der Waals surface area contributed by atoms with Crippen LogP contribution < -0.4 is 10.5 Å². The Hall–Kier alpha value is -3.48. The molecule has 7 nitrogen and oxygen atoms in total. The average Bonchev–Trinajstić information content (AvgIpc) is 3.14. The van der Waals surface area contributed by atoms with Crippen LogP contribution in [0.4, 0.5) is 5.69 Å². The van der Waals surface area contributed by atoms with Gasteiger partial charge in [0, 0.05) is 30.9 Å². The van der Waals surface area contributed by atoms with Gasteiger partial charge < -0.3 is 9.64 Å². The number of amides is 1. The Kier molecular flexibility index (Phi) is 5.35. The lowest BCUT2D eigenvalue weighted by Crippen LogP contribution is -2.26. The molecule has 0 radical (unpaired) electrons. The summed E-state index contributed by atoms with van der Waals surface area (Å²) in [4.78, 5) is 43.2. The summed E-state index contributed by atoms with van der Waals surface area (Å²) in [6, 6.07) is 12.8. The molecule has 1 fully saturated rings. The number of nitrogens with zero attached hydrogens (tertiary/aromatic N) is 3. The van der Waals surface area contributed by atoms with Gasteiger partial charge in [-0.25, -0.2) is 4.98 Å². The van der Waals surface area contributed by atoms with E-state index in [-0.39, 0.29) is 31.0 Å². The van der Waals surface area contributed by atoms with E-state index in [1.165, 1.54) is 16.0 Å². The van der Waals surface area contributed by atoms with Crippen LogP contribution in [0.1, 0.15) is 30.2 Å². The van der Waals surface area contributed by atoms with Crippen LogP contribution in [-0.2, 0) is 27.4 Å². The van der Waals surface area contributed by atoms with Gasteiger partial charge in [-0.1, -0.05) is 25.1 Å². The minimum atomic E-state index is -0.535. The highest BCUT2D eigenvalue weighted by Gasteiger charge is 2.36. The van der Waals surface area contributed by atoms with Crippen LogP contribution >= 0.6 is 0 Å². The standard InChI is InChI=1S/C23H23N3O4/c1-3-16-5-7-19(8-6-16)25-13-17(10-21(25)27)23(29)30-14-18-11-22(28)26-12-15(2)4-9-20(26)24-18/h4-9,11-12,17H,3,10,13-14H2,1-2H3. The fraction of sp³-hybridized carbons (Fsp3) is 0.304. The number of carbonyl (C=O) groups is 2. The molecule has 0 spiro atoms. The van der Waals surface area contributed by atoms with Crippen molar-refractivity contribution in [1.82, 2.24) is 9.38 Å². The van der Waals surface area contributed by atoms with Crippen molar-refractivity contribution in [3.05, 3.63) is 75.8 Å². The number of ether oxygens (including phenoxy) is 1. The minimum absolute atomic E-state index is 0.0985. The maximum absolute atomic E-state index is 12.5. The molecule has 1 unspecified atom stereocenters. The monoisotopic (exact) mass is 405 g/mol. The molecule has 30 heavy (non-hydrogen) atoms. The number of benzene rings is 1. The predicted molar refractivity (Wildman–Crippen MR) is 112 cm³/mol. The van der Waals surface area contributed by atoms with Gasteiger partial charge >= 0.3 is 5.97 Å². The van der Waals surface area contributed by atoms with Gasteiger partial charge in [0.05, 0.1) is 11.6 Å². The lowest BCUT2D eigenvalue weighted by Gasteiger charge is -2.17. The van der Waals surface area contributed by atoms with Crippen LogP contribution in [0.3, 0.4) is 0 Å². The van der Waals surface area contributed by atoms with Crippen LogP contribution in [0.25, 0.3) is 5.65 Å². The fourth-order valence-electron chi connectivity index (χ4n) is 3.62. The van der Waals surface area contributed by atoms with Crippen molar-refractivity contribution in [1.29, 1.82) is 0 Å². The predicted octanol–water partition coefficient (Wildman–Crippen LogP) is 2.66. The van der Waals surface area contributed by atoms with Crippen LogP contribution in [0.15, 0.2) is 53.5 Å². The quantitative estimate of drug-likeness (QED) is 0.610. The molecule has 1 aliphatic heterocycles. The third-order valence-electron chi connectivity index (χ3n) is 5.34. The van der Waals surface area contributed by atoms with Crippen molar-refractivity contribution in [2.45, 2.75) is 33.3 Å². The number of rotatable bonds is 5. The van der Waals surface area contributed by atoms with E-state index in [0.29, 0.717) is 11.3 Å². The summed E-state index contributed by atoms with van der Waals surface area (Å²) in [5.74, 6) is -1.09. The Bertz CT molecular complexity index is 1170. The van der Waals surface area contributed by atoms with E-state index in [4.69, 9.17) is 4.74 Å². The largest absolute Gasteiger partial charge is 0.459 e. The molecule has 1 saturated heterocycles. The van der Waals surface area contributed by atoms with Gasteiger partial charge in [0.25, 0.3) is 5.56 Å². The van der Waals surface area contributed by atoms with Crippen LogP contribution in [-0.4, -0.2) is 27.8 Å². The molecule has 1 atom stereocenters. The number of esters is 1. The van der Waals surface area contributed by atoms with E-state index in [9.17, 15) is 14.4 Å². The SMILES string of the molecule is CCc1ccc(N2CC(C(=O)OCc3cc(=O)n4cc(C)ccc4n3)CC2=O)cc1. The first-order valence-corrected chi connectivity index (χ1v) is 9.99. The lowest BCUT2D eigenvalue weighted by molar-refractivity contribution is -0.149. The summed E-state index contributed by atoms with van der Waals surface area (Å²) in [6.45, 7) is 4.15. The molecular formula is C23H23N3O4. The van der Waals surface area contributed by atoms with Crippen molar-refractivity contribution in [2.75, 3.05) is 11.4 Å². The molecule has 1 amide bonds. The number of aryl methyl sites for hydroxylation is 2. The van der Waals surface area contributed by atoms with Crippen LogP contribution in [0.2, 0.25) is 0 Å². The van der Waals surface area contributed by atoms with Gasteiger partial charge in [0.2, 0.25) is 5.91 Å². The van der Waals surface area contributed by atoms with Crippen molar-refractivity contribution in [3.63, 3.8) is 0 Å². The zero-order chi connectivity index (χ0) is 21.3. The fourth-order valence-corrected chi connectivity index (χ4v) is 3.62. The van der Waals surface area contributed by atoms with Crippen LogP contribution in [0.5, 0.6) is 0 Å². The number of aromatic nitrogens is 2. The van der Waals surface area contributed by atoms with Gasteiger partial charge in [0.15, 0.2) is 0 Å². The second kappa shape index (κ2) is 8.10. The molecule has 2 aromatic heterocycles. The van der Waals surface area contributed by atoms with E-state index in [0.717, 1.165) is 17.7 Å². The smallest absolute Gasteiger partial charge is 0.311 e. The summed E-state index contributed by atoms with van der Waals surface area (Å²) in [5, 5.41) is 0. The second-order valence-corrected chi connectivity index (χ2v) is 7.55. The highest BCUT2D eigenvalue weighted by Crippen LogP contribution is 2.26. The molecule has 154 valence electrons. The molecule has 3 heterocycles. The highest BCUT2D eigenvalue weighted by atomic mass is 16.5. The lowest BCUT2D eigenvalue weighted by atomic mass is 10.1. The maximum atomic E-state index is 12.5. The van der Waals surface area contributed by atoms with Crippen LogP contribution in [0, 0.1) is 12.8 Å². The molecule has 1 aliphatic rings. The molecule has 7 heteroatoms. The summed E-state index contributed by atoms with van der Waals surface area (Å²) in [6.07, 6.45) is 2.75. The number of hydrogen-bond acceptors (Lipinski definition) is 5. The van der Waals surface area contributed by atoms with Gasteiger partial charge in [-0.15, -0.1) is 0 Å². The topological polar surface area (TPSA) is 81.0 Å². The first-order chi connectivity index (χ1) is 14.4. The summed E-state index contributed by atoms with van der Waals surface area (Å²) in [7, 11) is 0. The highest BCUT2D eigenvalue weighted by molar-refractivity contribution is 5.99. The van der Waals surface area contributed by atoms with Crippen molar-refractivity contribution < 1.29 is 14.3 Å². The van der Waals surface area contributed by atoms with E-state index < -0.39 is 11.9 Å². The molecule has 0 saturated carbocycles. The zero-order valence-electron chi connectivity index (χ0n) is 17.0. The molecule has 0 N–H and O–H groups in total. The van der Waals surface area contributed by atoms with E-state index in [2.05, 4.69) is 11.9 Å². The molecular weight excluding hydrogens is 382 g/mol. The third kappa shape index (κ3) is 3.96. The van der Waals surface area contributed by atoms with E-state index >= 15 is 0 Å². The Balaban J connectivity index is 1.42. The van der Waals surface area contributed by atoms with Crippen molar-refractivity contribution in [3.8, 4) is 0 Å². The number of anilines is 1. The van der Waals surface area contributed by atoms with Gasteiger partial charge in [-0.3, -0.25) is 18.8 Å². The normalized spacial score (nSPS) is 16.3. The average molecular weight is 405 g/mol. The Morgan fingerprint density at radius 2 is 1.93 bits per heavy atom. The number of hydrogen-bond donors (Lipinski definition) is 0. The minimum Gasteiger partial charge on any atom is -0.459 e. The molecule has 0 aliphatic carbocycles. The third-order valence-corrected chi connectivity index (χ3v) is 5.34. The zero-order valence-corrected chi connectivity index (χ0v) is 17.0. The molecule has 1 aromatic carbocycles. The van der Waals surface area contributed by atoms with Crippen molar-refractivity contribution >= 4 is 23.2 Å². The number of fused-ring (bicyclic) bond motifs is 1. The molecule has 4 rings (SSSR count). The summed E-state index contributed by atoms with van der Waals surface area (Å²) >= 11 is 0. The molecule has 3 aromatic rings. The number of pyridine rings is 1. The number of carbonyl (C=O) groups excluding carboxylic acids is 2. The first-order valence-electron chi connectivity index (χ1n) is 9.99. The van der Waals surface area contributed by atoms with E-state index in [1.54, 1.807) is 17.2 Å². The second-order valence-electron chi connectivity index (χ2n) is 7.55. The Labute approximate surface area is 173 Å². The van der Waals surface area contributed by atoms with Gasteiger partial charge in [-0.05, 0) is 42.7 Å². The van der Waals surface area contributed by atoms with Crippen molar-refractivity contribution in [2.24, 2.45) is 5.92 Å². The van der Waals surface area contributed by atoms with E-state index in [1.807, 2.05) is 37.3 Å². The van der Waals surface area contributed by atoms with Gasteiger partial charge in [-0.2, -0.15) is 0 Å². The Morgan fingerprint density at radius 3 is 2.67 bits per heavy atom. The maximum Gasteiger partial charge on any atom is 0.311 e. The Morgan fingerprint density at radius 1 is 1.17 bits per heavy atom. The summed E-state index contributed by atoms with van der Waals surface area (Å²) in [5.41, 5.74) is 3.57. The molecule has 0 bridgehead atoms. The first kappa shape index (κ1) is 19.8.